The van der Waals surface area contributed by atoms with Crippen LogP contribution in [0.3, 0.4) is 0 Å². The normalized spacial score (nSPS) is 22.1. The number of nitrogens with one attached hydrogen (secondary N) is 1. The second-order valence-corrected chi connectivity index (χ2v) is 9.22. The maximum absolute atomic E-state index is 13.0. The molecule has 1 aliphatic carbocycles. The van der Waals surface area contributed by atoms with Gasteiger partial charge in [0, 0.05) is 24.1 Å². The Morgan fingerprint density at radius 1 is 1.06 bits per heavy atom. The summed E-state index contributed by atoms with van der Waals surface area (Å²) in [6.45, 7) is 0.146. The topological polar surface area (TPSA) is 122 Å². The van der Waals surface area contributed by atoms with E-state index in [0.29, 0.717) is 12.8 Å². The summed E-state index contributed by atoms with van der Waals surface area (Å²) in [5, 5.41) is 15.7. The molecular weight excluding hydrogens is 450 g/mol. The molecule has 9 heteroatoms. The number of carbonyl (C=O) groups excluding carboxylic acids is 2. The average molecular weight is 473 g/mol. The van der Waals surface area contributed by atoms with Crippen LogP contribution >= 0.6 is 0 Å². The summed E-state index contributed by atoms with van der Waals surface area (Å²) >= 11 is 0. The Balaban J connectivity index is 1.10. The van der Waals surface area contributed by atoms with E-state index in [1.54, 1.807) is 4.90 Å². The molecule has 2 fully saturated rings. The highest BCUT2D eigenvalue weighted by molar-refractivity contribution is 5.95. The van der Waals surface area contributed by atoms with Gasteiger partial charge in [0.2, 0.25) is 5.88 Å². The molecule has 2 aromatic carbocycles. The lowest BCUT2D eigenvalue weighted by atomic mass is 9.89. The van der Waals surface area contributed by atoms with E-state index in [9.17, 15) is 19.5 Å². The lowest BCUT2D eigenvalue weighted by Crippen LogP contribution is -2.38. The summed E-state index contributed by atoms with van der Waals surface area (Å²) in [6, 6.07) is 17.0. The molecule has 0 radical (unpaired) electrons. The number of carbonyl (C=O) groups is 3. The number of fused-ring (bicyclic) bond motifs is 5. The van der Waals surface area contributed by atoms with Crippen molar-refractivity contribution in [3.63, 3.8) is 0 Å². The fourth-order valence-electron chi connectivity index (χ4n) is 5.87. The molecule has 2 aliphatic heterocycles. The lowest BCUT2D eigenvalue weighted by Gasteiger charge is -2.21. The number of ether oxygens (including phenoxy) is 1. The quantitative estimate of drug-likeness (QED) is 0.572. The van der Waals surface area contributed by atoms with E-state index in [4.69, 9.17) is 9.26 Å². The van der Waals surface area contributed by atoms with Gasteiger partial charge in [-0.2, -0.15) is 0 Å². The van der Waals surface area contributed by atoms with Gasteiger partial charge < -0.3 is 19.3 Å². The van der Waals surface area contributed by atoms with Gasteiger partial charge in [0.05, 0.1) is 5.92 Å². The number of nitrogens with zero attached hydrogens (tertiary/aromatic N) is 2. The number of amides is 2. The van der Waals surface area contributed by atoms with Crippen molar-refractivity contribution >= 4 is 23.9 Å². The van der Waals surface area contributed by atoms with E-state index in [-0.39, 0.29) is 42.1 Å². The van der Waals surface area contributed by atoms with Gasteiger partial charge in [-0.05, 0) is 41.5 Å². The average Bonchev–Trinajstić information content (AvgIpc) is 3.64. The molecule has 3 aliphatic rings. The Labute approximate surface area is 200 Å². The van der Waals surface area contributed by atoms with Crippen LogP contribution in [0, 0.1) is 5.92 Å². The molecule has 2 N–H and O–H groups in total. The van der Waals surface area contributed by atoms with Gasteiger partial charge in [-0.15, -0.1) is 0 Å². The number of anilines is 1. The number of hydrogen-bond donors (Lipinski definition) is 2. The van der Waals surface area contributed by atoms with Crippen LogP contribution in [0.25, 0.3) is 11.1 Å². The highest BCUT2D eigenvalue weighted by Crippen LogP contribution is 2.45. The summed E-state index contributed by atoms with van der Waals surface area (Å²) < 4.78 is 10.6. The highest BCUT2D eigenvalue weighted by Gasteiger charge is 2.51. The van der Waals surface area contributed by atoms with Gasteiger partial charge in [0.15, 0.2) is 5.69 Å². The number of hydrogen-bond acceptors (Lipinski definition) is 6. The molecule has 6 rings (SSSR count). The van der Waals surface area contributed by atoms with Crippen molar-refractivity contribution in [2.24, 2.45) is 5.92 Å². The van der Waals surface area contributed by atoms with Crippen LogP contribution < -0.4 is 5.32 Å². The molecule has 0 spiro atoms. The monoisotopic (exact) mass is 473 g/mol. The summed E-state index contributed by atoms with van der Waals surface area (Å²) in [5.74, 6) is -1.90. The third-order valence-electron chi connectivity index (χ3n) is 7.39. The van der Waals surface area contributed by atoms with Gasteiger partial charge in [0.25, 0.3) is 5.91 Å². The van der Waals surface area contributed by atoms with Gasteiger partial charge in [-0.1, -0.05) is 53.7 Å². The third kappa shape index (κ3) is 3.54. The first-order valence-electron chi connectivity index (χ1n) is 11.7. The van der Waals surface area contributed by atoms with E-state index in [2.05, 4.69) is 22.6 Å². The minimum atomic E-state index is -0.882. The number of aromatic nitrogens is 1. The SMILES string of the molecule is O=C(Nc1cc(C(=O)N2C3CCC2C(C(=O)O)C3)no1)OCC1c2ccccc2-c2ccccc21. The molecule has 3 aromatic rings. The highest BCUT2D eigenvalue weighted by atomic mass is 16.6. The van der Waals surface area contributed by atoms with Crippen molar-refractivity contribution in [3.05, 3.63) is 71.4 Å². The molecule has 2 amide bonds. The van der Waals surface area contributed by atoms with Crippen LogP contribution in [-0.2, 0) is 9.53 Å². The number of carboxylic acid groups (broad SMARTS) is 1. The van der Waals surface area contributed by atoms with Crippen molar-refractivity contribution < 1.29 is 28.8 Å². The van der Waals surface area contributed by atoms with Crippen LogP contribution in [0.2, 0.25) is 0 Å². The Morgan fingerprint density at radius 2 is 1.74 bits per heavy atom. The van der Waals surface area contributed by atoms with Gasteiger partial charge >= 0.3 is 12.1 Å². The Kier molecular flexibility index (Phi) is 5.05. The van der Waals surface area contributed by atoms with E-state index in [0.717, 1.165) is 28.7 Å². The number of benzene rings is 2. The first kappa shape index (κ1) is 21.4. The van der Waals surface area contributed by atoms with Crippen LogP contribution in [0.15, 0.2) is 59.1 Å². The van der Waals surface area contributed by atoms with Crippen LogP contribution in [-0.4, -0.2) is 51.8 Å². The molecule has 3 heterocycles. The molecule has 1 aromatic heterocycles. The summed E-state index contributed by atoms with van der Waals surface area (Å²) in [4.78, 5) is 38.5. The van der Waals surface area contributed by atoms with Crippen molar-refractivity contribution in [2.45, 2.75) is 37.3 Å². The third-order valence-corrected chi connectivity index (χ3v) is 7.39. The molecule has 35 heavy (non-hydrogen) atoms. The van der Waals surface area contributed by atoms with Crippen LogP contribution in [0.4, 0.5) is 10.7 Å². The minimum Gasteiger partial charge on any atom is -0.481 e. The van der Waals surface area contributed by atoms with Crippen molar-refractivity contribution in [3.8, 4) is 11.1 Å². The van der Waals surface area contributed by atoms with Crippen LogP contribution in [0.5, 0.6) is 0 Å². The smallest absolute Gasteiger partial charge is 0.414 e. The largest absolute Gasteiger partial charge is 0.481 e. The molecule has 3 atom stereocenters. The Hall–Kier alpha value is -4.14. The predicted molar refractivity (Wildman–Crippen MR) is 124 cm³/mol. The summed E-state index contributed by atoms with van der Waals surface area (Å²) in [5.41, 5.74) is 4.51. The van der Waals surface area contributed by atoms with Gasteiger partial charge in [-0.3, -0.25) is 14.9 Å². The zero-order chi connectivity index (χ0) is 24.1. The van der Waals surface area contributed by atoms with Crippen LogP contribution in [0.1, 0.15) is 46.8 Å². The fraction of sp³-hybridized carbons (Fsp3) is 0.308. The first-order valence-corrected chi connectivity index (χ1v) is 11.7. The van der Waals surface area contributed by atoms with Crippen molar-refractivity contribution in [2.75, 3.05) is 11.9 Å². The van der Waals surface area contributed by atoms with E-state index in [1.165, 1.54) is 6.07 Å². The zero-order valence-corrected chi connectivity index (χ0v) is 18.7. The number of aliphatic carboxylic acids is 1. The fourth-order valence-corrected chi connectivity index (χ4v) is 5.87. The summed E-state index contributed by atoms with van der Waals surface area (Å²) in [7, 11) is 0. The molecule has 2 saturated heterocycles. The van der Waals surface area contributed by atoms with E-state index < -0.39 is 18.0 Å². The maximum atomic E-state index is 13.0. The molecule has 9 nitrogen and oxygen atoms in total. The van der Waals surface area contributed by atoms with Crippen molar-refractivity contribution in [1.29, 1.82) is 0 Å². The van der Waals surface area contributed by atoms with Crippen molar-refractivity contribution in [1.82, 2.24) is 10.1 Å². The zero-order valence-electron chi connectivity index (χ0n) is 18.7. The predicted octanol–water partition coefficient (Wildman–Crippen LogP) is 4.11. The number of carboxylic acids is 1. The number of rotatable bonds is 5. The first-order chi connectivity index (χ1) is 17.0. The van der Waals surface area contributed by atoms with E-state index >= 15 is 0 Å². The second kappa shape index (κ2) is 8.26. The summed E-state index contributed by atoms with van der Waals surface area (Å²) in [6.07, 6.45) is 1.18. The molecule has 3 unspecified atom stereocenters. The lowest BCUT2D eigenvalue weighted by molar-refractivity contribution is -0.142. The Bertz CT molecular complexity index is 1290. The Morgan fingerprint density at radius 3 is 2.40 bits per heavy atom. The van der Waals surface area contributed by atoms with E-state index in [1.807, 2.05) is 36.4 Å². The molecule has 178 valence electrons. The maximum Gasteiger partial charge on any atom is 0.414 e. The van der Waals surface area contributed by atoms with Gasteiger partial charge in [-0.25, -0.2) is 4.79 Å². The van der Waals surface area contributed by atoms with Gasteiger partial charge in [0.1, 0.15) is 6.61 Å². The molecule has 0 saturated carbocycles. The molecular formula is C26H23N3O6. The molecule has 2 bridgehead atoms. The standard InChI is InChI=1S/C26H23N3O6/c30-24(29-14-9-10-22(29)19(11-14)25(31)32)21-12-23(35-28-21)27-26(33)34-13-20-17-7-3-1-5-15(17)16-6-2-4-8-18(16)20/h1-8,12,14,19-20,22H,9-11,13H2,(H,27,33)(H,31,32). The second-order valence-electron chi connectivity index (χ2n) is 9.22. The minimum absolute atomic E-state index is 0.00750.